The van der Waals surface area contributed by atoms with Gasteiger partial charge in [-0.05, 0) is 50.3 Å². The molecule has 1 aliphatic heterocycles. The fourth-order valence-electron chi connectivity index (χ4n) is 3.40. The fourth-order valence-corrected chi connectivity index (χ4v) is 3.50. The van der Waals surface area contributed by atoms with Crippen molar-refractivity contribution in [1.29, 1.82) is 0 Å². The standard InChI is InChI=1S/C19H26ClN5O2/c1-19(2,3)27-18(26)24-11-9-15(10-12-24)17(14-7-5-4-6-8-14)25-22-16(13-20)21-23-25/h4-8,15,17H,9-13H2,1-3H3. The highest BCUT2D eigenvalue weighted by atomic mass is 35.5. The molecule has 1 atom stereocenters. The zero-order valence-electron chi connectivity index (χ0n) is 16.0. The summed E-state index contributed by atoms with van der Waals surface area (Å²) in [5.74, 6) is 1.05. The number of rotatable bonds is 4. The van der Waals surface area contributed by atoms with Crippen molar-refractivity contribution in [3.63, 3.8) is 0 Å². The minimum absolute atomic E-state index is 0.0311. The van der Waals surface area contributed by atoms with Gasteiger partial charge in [0.25, 0.3) is 0 Å². The molecule has 1 saturated heterocycles. The van der Waals surface area contributed by atoms with Gasteiger partial charge in [-0.25, -0.2) is 4.79 Å². The lowest BCUT2D eigenvalue weighted by Gasteiger charge is -2.36. The molecule has 1 aromatic heterocycles. The number of nitrogens with zero attached hydrogens (tertiary/aromatic N) is 5. The number of aromatic nitrogens is 4. The van der Waals surface area contributed by atoms with Crippen LogP contribution >= 0.6 is 11.6 Å². The lowest BCUT2D eigenvalue weighted by atomic mass is 9.86. The first-order chi connectivity index (χ1) is 12.9. The summed E-state index contributed by atoms with van der Waals surface area (Å²) < 4.78 is 5.49. The van der Waals surface area contributed by atoms with Crippen LogP contribution in [-0.2, 0) is 10.6 Å². The first-order valence-electron chi connectivity index (χ1n) is 9.24. The molecule has 2 heterocycles. The summed E-state index contributed by atoms with van der Waals surface area (Å²) in [6.45, 7) is 6.95. The number of tetrazole rings is 1. The lowest BCUT2D eigenvalue weighted by molar-refractivity contribution is 0.0165. The van der Waals surface area contributed by atoms with Crippen molar-refractivity contribution >= 4 is 17.7 Å². The van der Waals surface area contributed by atoms with E-state index in [-0.39, 0.29) is 18.0 Å². The molecular formula is C19H26ClN5O2. The van der Waals surface area contributed by atoms with Gasteiger partial charge in [0.05, 0.1) is 5.88 Å². The summed E-state index contributed by atoms with van der Waals surface area (Å²) >= 11 is 5.85. The van der Waals surface area contributed by atoms with Crippen molar-refractivity contribution in [2.45, 2.75) is 51.1 Å². The molecule has 3 rings (SSSR count). The van der Waals surface area contributed by atoms with Gasteiger partial charge >= 0.3 is 6.09 Å². The van der Waals surface area contributed by atoms with Crippen LogP contribution < -0.4 is 0 Å². The van der Waals surface area contributed by atoms with Gasteiger partial charge in [0.15, 0.2) is 5.82 Å². The number of amides is 1. The fraction of sp³-hybridized carbons (Fsp3) is 0.579. The molecule has 2 aromatic rings. The lowest BCUT2D eigenvalue weighted by Crippen LogP contribution is -2.43. The minimum Gasteiger partial charge on any atom is -0.444 e. The predicted octanol–water partition coefficient (Wildman–Crippen LogP) is 3.65. The van der Waals surface area contributed by atoms with E-state index in [4.69, 9.17) is 16.3 Å². The summed E-state index contributed by atoms with van der Waals surface area (Å²) in [6.07, 6.45) is 1.44. The van der Waals surface area contributed by atoms with E-state index in [1.165, 1.54) is 0 Å². The number of piperidine rings is 1. The van der Waals surface area contributed by atoms with Crippen LogP contribution in [0.3, 0.4) is 0 Å². The van der Waals surface area contributed by atoms with Crippen LogP contribution in [0.4, 0.5) is 4.79 Å². The molecule has 27 heavy (non-hydrogen) atoms. The van der Waals surface area contributed by atoms with Gasteiger partial charge in [0.1, 0.15) is 11.6 Å². The van der Waals surface area contributed by atoms with E-state index < -0.39 is 5.60 Å². The monoisotopic (exact) mass is 391 g/mol. The van der Waals surface area contributed by atoms with Crippen LogP contribution in [0.15, 0.2) is 30.3 Å². The largest absolute Gasteiger partial charge is 0.444 e. The molecule has 0 N–H and O–H groups in total. The number of carbonyl (C=O) groups is 1. The van der Waals surface area contributed by atoms with E-state index in [0.29, 0.717) is 24.8 Å². The Morgan fingerprint density at radius 3 is 2.48 bits per heavy atom. The summed E-state index contributed by atoms with van der Waals surface area (Å²) in [4.78, 5) is 15.8. The third kappa shape index (κ3) is 4.97. The second-order valence-corrected chi connectivity index (χ2v) is 8.09. The SMILES string of the molecule is CC(C)(C)OC(=O)N1CCC(C(c2ccccc2)n2nnc(CCl)n2)CC1. The number of carbonyl (C=O) groups excluding carboxylic acids is 1. The second-order valence-electron chi connectivity index (χ2n) is 7.82. The third-order valence-electron chi connectivity index (χ3n) is 4.62. The van der Waals surface area contributed by atoms with Crippen LogP contribution in [0, 0.1) is 5.92 Å². The van der Waals surface area contributed by atoms with Gasteiger partial charge in [0, 0.05) is 13.1 Å². The third-order valence-corrected chi connectivity index (χ3v) is 4.86. The van der Waals surface area contributed by atoms with Crippen molar-refractivity contribution in [3.8, 4) is 0 Å². The number of hydrogen-bond acceptors (Lipinski definition) is 5. The van der Waals surface area contributed by atoms with Crippen LogP contribution in [0.2, 0.25) is 0 Å². The number of hydrogen-bond donors (Lipinski definition) is 0. The smallest absolute Gasteiger partial charge is 0.410 e. The van der Waals surface area contributed by atoms with Gasteiger partial charge in [-0.2, -0.15) is 4.80 Å². The molecule has 0 bridgehead atoms. The molecule has 1 aliphatic rings. The maximum atomic E-state index is 12.3. The molecule has 0 saturated carbocycles. The Balaban J connectivity index is 1.74. The van der Waals surface area contributed by atoms with Gasteiger partial charge in [-0.1, -0.05) is 30.3 Å². The van der Waals surface area contributed by atoms with Crippen LogP contribution in [0.25, 0.3) is 0 Å². The second kappa shape index (κ2) is 8.25. The van der Waals surface area contributed by atoms with Crippen molar-refractivity contribution < 1.29 is 9.53 Å². The summed E-state index contributed by atoms with van der Waals surface area (Å²) in [5.41, 5.74) is 0.648. The Hall–Kier alpha value is -2.15. The van der Waals surface area contributed by atoms with Crippen molar-refractivity contribution in [1.82, 2.24) is 25.1 Å². The average Bonchev–Trinajstić information content (AvgIpc) is 3.11. The van der Waals surface area contributed by atoms with Gasteiger partial charge in [-0.15, -0.1) is 21.8 Å². The number of alkyl halides is 1. The Morgan fingerprint density at radius 1 is 1.26 bits per heavy atom. The molecule has 1 aromatic carbocycles. The number of halogens is 1. The molecule has 7 nitrogen and oxygen atoms in total. The van der Waals surface area contributed by atoms with Crippen LogP contribution in [-0.4, -0.2) is 49.9 Å². The molecule has 0 aliphatic carbocycles. The Bertz CT molecular complexity index is 751. The van der Waals surface area contributed by atoms with E-state index in [9.17, 15) is 4.79 Å². The molecule has 0 spiro atoms. The van der Waals surface area contributed by atoms with E-state index in [0.717, 1.165) is 18.4 Å². The normalized spacial score (nSPS) is 17.0. The topological polar surface area (TPSA) is 73.1 Å². The van der Waals surface area contributed by atoms with Crippen LogP contribution in [0.5, 0.6) is 0 Å². The maximum Gasteiger partial charge on any atom is 0.410 e. The van der Waals surface area contributed by atoms with Gasteiger partial charge in [-0.3, -0.25) is 0 Å². The van der Waals surface area contributed by atoms with Crippen molar-refractivity contribution in [2.24, 2.45) is 5.92 Å². The first-order valence-corrected chi connectivity index (χ1v) is 9.78. The van der Waals surface area contributed by atoms with Crippen LogP contribution in [0.1, 0.15) is 51.0 Å². The Morgan fingerprint density at radius 2 is 1.93 bits per heavy atom. The minimum atomic E-state index is -0.483. The highest BCUT2D eigenvalue weighted by molar-refractivity contribution is 6.16. The molecule has 1 fully saturated rings. The Labute approximate surface area is 164 Å². The zero-order valence-corrected chi connectivity index (χ0v) is 16.8. The van der Waals surface area contributed by atoms with Crippen molar-refractivity contribution in [3.05, 3.63) is 41.7 Å². The van der Waals surface area contributed by atoms with E-state index in [1.807, 2.05) is 39.0 Å². The van der Waals surface area contributed by atoms with Gasteiger partial charge < -0.3 is 9.64 Å². The van der Waals surface area contributed by atoms with Gasteiger partial charge in [0.2, 0.25) is 0 Å². The number of ether oxygens (including phenoxy) is 1. The molecule has 0 radical (unpaired) electrons. The highest BCUT2D eigenvalue weighted by Crippen LogP contribution is 2.33. The summed E-state index contributed by atoms with van der Waals surface area (Å²) in [7, 11) is 0. The maximum absolute atomic E-state index is 12.3. The Kier molecular flexibility index (Phi) is 5.99. The quantitative estimate of drug-likeness (QED) is 0.744. The number of likely N-dealkylation sites (tertiary alicyclic amines) is 1. The molecule has 8 heteroatoms. The molecule has 1 amide bonds. The first kappa shape index (κ1) is 19.6. The summed E-state index contributed by atoms with van der Waals surface area (Å²) in [5, 5.41) is 12.7. The molecule has 1 unspecified atom stereocenters. The van der Waals surface area contributed by atoms with E-state index >= 15 is 0 Å². The number of benzene rings is 1. The average molecular weight is 392 g/mol. The zero-order chi connectivity index (χ0) is 19.4. The summed E-state index contributed by atoms with van der Waals surface area (Å²) in [6, 6.07) is 10.1. The predicted molar refractivity (Wildman–Crippen MR) is 102 cm³/mol. The van der Waals surface area contributed by atoms with E-state index in [1.54, 1.807) is 9.70 Å². The van der Waals surface area contributed by atoms with E-state index in [2.05, 4.69) is 27.5 Å². The molecule has 146 valence electrons. The molecular weight excluding hydrogens is 366 g/mol. The highest BCUT2D eigenvalue weighted by Gasteiger charge is 2.33. The van der Waals surface area contributed by atoms with Crippen molar-refractivity contribution in [2.75, 3.05) is 13.1 Å².